The summed E-state index contributed by atoms with van der Waals surface area (Å²) in [4.78, 5) is 12.2. The first-order chi connectivity index (χ1) is 9.33. The van der Waals surface area contributed by atoms with E-state index >= 15 is 0 Å². The summed E-state index contributed by atoms with van der Waals surface area (Å²) >= 11 is 0. The molecule has 1 aromatic carbocycles. The maximum atomic E-state index is 12.2. The molecule has 1 saturated heterocycles. The molecule has 1 aliphatic carbocycles. The molecule has 0 aromatic heterocycles. The summed E-state index contributed by atoms with van der Waals surface area (Å²) < 4.78 is 0. The number of hydrogen-bond donors (Lipinski definition) is 2. The monoisotopic (exact) mass is 258 g/mol. The summed E-state index contributed by atoms with van der Waals surface area (Å²) in [6.45, 7) is 0.977. The molecule has 1 saturated carbocycles. The van der Waals surface area contributed by atoms with Crippen molar-refractivity contribution in [1.82, 2.24) is 10.6 Å². The first-order valence-electron chi connectivity index (χ1n) is 7.40. The summed E-state index contributed by atoms with van der Waals surface area (Å²) in [5.74, 6) is 0.885. The third-order valence-corrected chi connectivity index (χ3v) is 4.19. The maximum Gasteiger partial charge on any atom is 0.237 e. The van der Waals surface area contributed by atoms with Gasteiger partial charge in [0.1, 0.15) is 0 Å². The fourth-order valence-electron chi connectivity index (χ4n) is 2.89. The Morgan fingerprint density at radius 2 is 2.05 bits per heavy atom. The number of carbonyl (C=O) groups is 1. The van der Waals surface area contributed by atoms with Gasteiger partial charge < -0.3 is 10.6 Å². The Balaban J connectivity index is 1.59. The summed E-state index contributed by atoms with van der Waals surface area (Å²) in [7, 11) is 0. The Morgan fingerprint density at radius 3 is 2.68 bits per heavy atom. The van der Waals surface area contributed by atoms with Gasteiger partial charge in [0.2, 0.25) is 5.91 Å². The van der Waals surface area contributed by atoms with E-state index in [1.807, 2.05) is 6.07 Å². The second-order valence-corrected chi connectivity index (χ2v) is 5.79. The molecule has 102 valence electrons. The number of hydrogen-bond acceptors (Lipinski definition) is 2. The topological polar surface area (TPSA) is 41.1 Å². The predicted molar refractivity (Wildman–Crippen MR) is 75.8 cm³/mol. The van der Waals surface area contributed by atoms with Crippen molar-refractivity contribution in [2.75, 3.05) is 6.54 Å². The Bertz CT molecular complexity index is 422. The van der Waals surface area contributed by atoms with Crippen molar-refractivity contribution in [3.05, 3.63) is 35.9 Å². The molecule has 1 aliphatic heterocycles. The van der Waals surface area contributed by atoms with E-state index in [1.165, 1.54) is 18.4 Å². The van der Waals surface area contributed by atoms with Gasteiger partial charge in [-0.2, -0.15) is 0 Å². The van der Waals surface area contributed by atoms with E-state index < -0.39 is 0 Å². The molecule has 3 nitrogen and oxygen atoms in total. The zero-order valence-corrected chi connectivity index (χ0v) is 11.3. The van der Waals surface area contributed by atoms with Crippen LogP contribution in [0.4, 0.5) is 0 Å². The average molecular weight is 258 g/mol. The van der Waals surface area contributed by atoms with E-state index in [4.69, 9.17) is 0 Å². The van der Waals surface area contributed by atoms with Gasteiger partial charge in [-0.15, -0.1) is 0 Å². The van der Waals surface area contributed by atoms with Crippen molar-refractivity contribution in [2.24, 2.45) is 5.92 Å². The normalized spacial score (nSPS) is 24.1. The Morgan fingerprint density at radius 1 is 1.26 bits per heavy atom. The van der Waals surface area contributed by atoms with Gasteiger partial charge in [-0.05, 0) is 50.1 Å². The Labute approximate surface area is 114 Å². The molecule has 2 N–H and O–H groups in total. The van der Waals surface area contributed by atoms with Crippen LogP contribution in [-0.2, 0) is 11.2 Å². The lowest BCUT2D eigenvalue weighted by molar-refractivity contribution is -0.123. The quantitative estimate of drug-likeness (QED) is 0.846. The van der Waals surface area contributed by atoms with Crippen LogP contribution >= 0.6 is 0 Å². The van der Waals surface area contributed by atoms with Crippen molar-refractivity contribution < 1.29 is 4.79 Å². The van der Waals surface area contributed by atoms with Gasteiger partial charge in [0.25, 0.3) is 0 Å². The number of amides is 1. The number of rotatable bonds is 5. The lowest BCUT2D eigenvalue weighted by atomic mass is 10.0. The zero-order chi connectivity index (χ0) is 13.1. The highest BCUT2D eigenvalue weighted by Gasteiger charge is 2.34. The lowest BCUT2D eigenvalue weighted by Gasteiger charge is -2.21. The highest BCUT2D eigenvalue weighted by molar-refractivity contribution is 5.82. The molecule has 0 spiro atoms. The minimum Gasteiger partial charge on any atom is -0.351 e. The maximum absolute atomic E-state index is 12.2. The van der Waals surface area contributed by atoms with Crippen molar-refractivity contribution >= 4 is 5.91 Å². The van der Waals surface area contributed by atoms with E-state index in [2.05, 4.69) is 34.9 Å². The molecule has 1 aromatic rings. The molecule has 2 atom stereocenters. The van der Waals surface area contributed by atoms with E-state index in [1.54, 1.807) is 0 Å². The molecule has 1 amide bonds. The van der Waals surface area contributed by atoms with Gasteiger partial charge in [-0.1, -0.05) is 30.3 Å². The molecule has 2 aliphatic rings. The van der Waals surface area contributed by atoms with E-state index in [9.17, 15) is 4.79 Å². The first-order valence-corrected chi connectivity index (χ1v) is 7.40. The van der Waals surface area contributed by atoms with E-state index in [0.29, 0.717) is 12.0 Å². The van der Waals surface area contributed by atoms with Crippen LogP contribution in [0.15, 0.2) is 30.3 Å². The van der Waals surface area contributed by atoms with Crippen molar-refractivity contribution in [3.8, 4) is 0 Å². The summed E-state index contributed by atoms with van der Waals surface area (Å²) in [6.07, 6.45) is 5.58. The number of carbonyl (C=O) groups excluding carboxylic acids is 1. The molecule has 0 bridgehead atoms. The second-order valence-electron chi connectivity index (χ2n) is 5.79. The minimum absolute atomic E-state index is 0.0389. The van der Waals surface area contributed by atoms with Crippen LogP contribution < -0.4 is 10.6 Å². The van der Waals surface area contributed by atoms with Crippen molar-refractivity contribution in [1.29, 1.82) is 0 Å². The first kappa shape index (κ1) is 12.7. The summed E-state index contributed by atoms with van der Waals surface area (Å²) in [5.41, 5.74) is 1.32. The summed E-state index contributed by atoms with van der Waals surface area (Å²) in [5, 5.41) is 6.54. The summed E-state index contributed by atoms with van der Waals surface area (Å²) in [6, 6.07) is 10.8. The van der Waals surface area contributed by atoms with Crippen LogP contribution in [0.2, 0.25) is 0 Å². The molecular weight excluding hydrogens is 236 g/mol. The fourth-order valence-corrected chi connectivity index (χ4v) is 2.89. The lowest BCUT2D eigenvalue weighted by Crippen LogP contribution is -2.46. The van der Waals surface area contributed by atoms with Crippen LogP contribution in [0.5, 0.6) is 0 Å². The predicted octanol–water partition coefficient (Wildman–Crippen LogP) is 1.88. The Kier molecular flexibility index (Phi) is 3.83. The van der Waals surface area contributed by atoms with Gasteiger partial charge >= 0.3 is 0 Å². The van der Waals surface area contributed by atoms with Crippen LogP contribution in [0.3, 0.4) is 0 Å². The van der Waals surface area contributed by atoms with Gasteiger partial charge in [0.05, 0.1) is 6.04 Å². The van der Waals surface area contributed by atoms with Crippen molar-refractivity contribution in [3.63, 3.8) is 0 Å². The van der Waals surface area contributed by atoms with Gasteiger partial charge in [-0.3, -0.25) is 4.79 Å². The SMILES string of the molecule is O=C(NC(Cc1ccccc1)C1CC1)C1CCCN1. The van der Waals surface area contributed by atoms with Gasteiger partial charge in [0, 0.05) is 6.04 Å². The van der Waals surface area contributed by atoms with E-state index in [0.717, 1.165) is 25.8 Å². The third kappa shape index (κ3) is 3.35. The average Bonchev–Trinajstić information content (AvgIpc) is 3.13. The molecule has 2 fully saturated rings. The molecule has 0 radical (unpaired) electrons. The van der Waals surface area contributed by atoms with Crippen LogP contribution in [0.1, 0.15) is 31.2 Å². The van der Waals surface area contributed by atoms with Crippen molar-refractivity contribution in [2.45, 2.75) is 44.2 Å². The molecular formula is C16H22N2O. The molecule has 3 heteroatoms. The van der Waals surface area contributed by atoms with Crippen LogP contribution in [0.25, 0.3) is 0 Å². The Hall–Kier alpha value is -1.35. The van der Waals surface area contributed by atoms with Crippen LogP contribution in [-0.4, -0.2) is 24.5 Å². The number of nitrogens with one attached hydrogen (secondary N) is 2. The highest BCUT2D eigenvalue weighted by Crippen LogP contribution is 2.34. The smallest absolute Gasteiger partial charge is 0.237 e. The molecule has 3 rings (SSSR count). The molecule has 19 heavy (non-hydrogen) atoms. The minimum atomic E-state index is 0.0389. The largest absolute Gasteiger partial charge is 0.351 e. The van der Waals surface area contributed by atoms with E-state index in [-0.39, 0.29) is 11.9 Å². The molecule has 1 heterocycles. The standard InChI is InChI=1S/C16H22N2O/c19-16(14-7-4-10-17-14)18-15(13-8-9-13)11-12-5-2-1-3-6-12/h1-3,5-6,13-15,17H,4,7-11H2,(H,18,19). The number of benzene rings is 1. The highest BCUT2D eigenvalue weighted by atomic mass is 16.2. The van der Waals surface area contributed by atoms with Gasteiger partial charge in [0.15, 0.2) is 0 Å². The molecule has 2 unspecified atom stereocenters. The third-order valence-electron chi connectivity index (χ3n) is 4.19. The van der Waals surface area contributed by atoms with Crippen LogP contribution in [0, 0.1) is 5.92 Å². The fraction of sp³-hybridized carbons (Fsp3) is 0.562. The zero-order valence-electron chi connectivity index (χ0n) is 11.3. The van der Waals surface area contributed by atoms with Gasteiger partial charge in [-0.25, -0.2) is 0 Å². The second kappa shape index (κ2) is 5.74.